The minimum atomic E-state index is -4.31. The number of nitrogens with one attached hydrogen (secondary N) is 1. The maximum Gasteiger partial charge on any atom is 0.410 e. The average molecular weight is 250 g/mol. The molecule has 1 aromatic heterocycles. The van der Waals surface area contributed by atoms with Gasteiger partial charge in [-0.1, -0.05) is 19.1 Å². The molecular formula is C10H17F3N4. The summed E-state index contributed by atoms with van der Waals surface area (Å²) < 4.78 is 39.0. The third-order valence-electron chi connectivity index (χ3n) is 2.54. The lowest BCUT2D eigenvalue weighted by Crippen LogP contribution is -2.26. The van der Waals surface area contributed by atoms with Crippen LogP contribution in [0.25, 0.3) is 0 Å². The molecule has 0 bridgehead atoms. The van der Waals surface area contributed by atoms with Gasteiger partial charge >= 0.3 is 6.18 Å². The quantitative estimate of drug-likeness (QED) is 0.891. The van der Waals surface area contributed by atoms with Crippen LogP contribution in [0.15, 0.2) is 0 Å². The Bertz CT molecular complexity index is 370. The second-order valence-electron chi connectivity index (χ2n) is 4.27. The van der Waals surface area contributed by atoms with Crippen molar-refractivity contribution in [2.75, 3.05) is 7.05 Å². The highest BCUT2D eigenvalue weighted by atomic mass is 19.4. The van der Waals surface area contributed by atoms with E-state index in [1.165, 1.54) is 0 Å². The molecule has 17 heavy (non-hydrogen) atoms. The maximum atomic E-state index is 12.7. The van der Waals surface area contributed by atoms with Crippen LogP contribution in [0.3, 0.4) is 0 Å². The highest BCUT2D eigenvalue weighted by Gasteiger charge is 2.40. The Morgan fingerprint density at radius 1 is 1.29 bits per heavy atom. The van der Waals surface area contributed by atoms with Gasteiger partial charge in [0, 0.05) is 6.54 Å². The third kappa shape index (κ3) is 2.96. The largest absolute Gasteiger partial charge is 0.410 e. The Balaban J connectivity index is 3.16. The van der Waals surface area contributed by atoms with E-state index >= 15 is 0 Å². The van der Waals surface area contributed by atoms with Crippen molar-refractivity contribution >= 4 is 0 Å². The van der Waals surface area contributed by atoms with E-state index < -0.39 is 12.2 Å². The van der Waals surface area contributed by atoms with Gasteiger partial charge in [-0.3, -0.25) is 0 Å². The highest BCUT2D eigenvalue weighted by Crippen LogP contribution is 2.32. The van der Waals surface area contributed by atoms with Crippen LogP contribution in [0, 0.1) is 0 Å². The molecule has 1 N–H and O–H groups in total. The summed E-state index contributed by atoms with van der Waals surface area (Å²) in [6, 6.07) is -1.65. The third-order valence-corrected chi connectivity index (χ3v) is 2.54. The van der Waals surface area contributed by atoms with Crippen molar-refractivity contribution in [3.63, 3.8) is 0 Å². The van der Waals surface area contributed by atoms with Gasteiger partial charge in [0.1, 0.15) is 6.04 Å². The van der Waals surface area contributed by atoms with Gasteiger partial charge in [0.05, 0.1) is 11.4 Å². The molecule has 0 aliphatic heterocycles. The minimum Gasteiger partial charge on any atom is -0.314 e. The van der Waals surface area contributed by atoms with Crippen molar-refractivity contribution in [3.05, 3.63) is 11.4 Å². The van der Waals surface area contributed by atoms with E-state index in [0.717, 1.165) is 11.6 Å². The second kappa shape index (κ2) is 5.03. The predicted molar refractivity (Wildman–Crippen MR) is 57.6 cm³/mol. The fourth-order valence-corrected chi connectivity index (χ4v) is 1.65. The molecule has 1 rings (SSSR count). The first-order valence-electron chi connectivity index (χ1n) is 5.44. The summed E-state index contributed by atoms with van der Waals surface area (Å²) in [5.41, 5.74) is 1.10. The summed E-state index contributed by atoms with van der Waals surface area (Å²) in [6.07, 6.45) is -4.31. The minimum absolute atomic E-state index is 0.0573. The number of hydrogen-bond acceptors (Lipinski definition) is 3. The van der Waals surface area contributed by atoms with Crippen molar-refractivity contribution in [1.29, 1.82) is 0 Å². The summed E-state index contributed by atoms with van der Waals surface area (Å²) in [5.74, 6) is -0.0573. The maximum absolute atomic E-state index is 12.7. The van der Waals surface area contributed by atoms with Crippen molar-refractivity contribution in [1.82, 2.24) is 20.3 Å². The van der Waals surface area contributed by atoms with Gasteiger partial charge in [-0.2, -0.15) is 13.2 Å². The van der Waals surface area contributed by atoms with Crippen molar-refractivity contribution in [2.24, 2.45) is 0 Å². The van der Waals surface area contributed by atoms with Gasteiger partial charge in [0.2, 0.25) is 0 Å². The SMILES string of the molecule is CNCc1nnn(C(C)C(F)(F)F)c1C(C)C. The fourth-order valence-electron chi connectivity index (χ4n) is 1.65. The zero-order valence-electron chi connectivity index (χ0n) is 10.3. The topological polar surface area (TPSA) is 42.7 Å². The van der Waals surface area contributed by atoms with Crippen molar-refractivity contribution < 1.29 is 13.2 Å². The zero-order valence-corrected chi connectivity index (χ0v) is 10.3. The van der Waals surface area contributed by atoms with Crippen LogP contribution >= 0.6 is 0 Å². The monoisotopic (exact) mass is 250 g/mol. The molecule has 1 unspecified atom stereocenters. The van der Waals surface area contributed by atoms with Gasteiger partial charge in [-0.25, -0.2) is 4.68 Å². The van der Waals surface area contributed by atoms with Crippen LogP contribution in [0.5, 0.6) is 0 Å². The number of aromatic nitrogens is 3. The summed E-state index contributed by atoms with van der Waals surface area (Å²) >= 11 is 0. The summed E-state index contributed by atoms with van der Waals surface area (Å²) in [5, 5.41) is 10.3. The molecule has 1 atom stereocenters. The van der Waals surface area contributed by atoms with E-state index in [-0.39, 0.29) is 5.92 Å². The van der Waals surface area contributed by atoms with E-state index in [1.54, 1.807) is 7.05 Å². The number of alkyl halides is 3. The van der Waals surface area contributed by atoms with Crippen LogP contribution in [0.1, 0.15) is 44.1 Å². The van der Waals surface area contributed by atoms with Crippen LogP contribution in [-0.4, -0.2) is 28.2 Å². The van der Waals surface area contributed by atoms with Gasteiger partial charge in [0.25, 0.3) is 0 Å². The molecule has 0 spiro atoms. The lowest BCUT2D eigenvalue weighted by molar-refractivity contribution is -0.166. The predicted octanol–water partition coefficient (Wildman–Crippen LogP) is 2.24. The van der Waals surface area contributed by atoms with E-state index in [1.807, 2.05) is 13.8 Å². The van der Waals surface area contributed by atoms with E-state index in [9.17, 15) is 13.2 Å². The molecule has 0 radical (unpaired) electrons. The standard InChI is InChI=1S/C10H17F3N4/c1-6(2)9-8(5-14-4)15-16-17(9)7(3)10(11,12)13/h6-7,14H,5H2,1-4H3. The molecular weight excluding hydrogens is 233 g/mol. The van der Waals surface area contributed by atoms with E-state index in [4.69, 9.17) is 0 Å². The summed E-state index contributed by atoms with van der Waals surface area (Å²) in [6.45, 7) is 5.16. The van der Waals surface area contributed by atoms with Gasteiger partial charge in [-0.15, -0.1) is 5.10 Å². The molecule has 0 saturated carbocycles. The molecule has 0 aliphatic carbocycles. The molecule has 0 saturated heterocycles. The van der Waals surface area contributed by atoms with Gasteiger partial charge in [0.15, 0.2) is 0 Å². The lowest BCUT2D eigenvalue weighted by atomic mass is 10.1. The van der Waals surface area contributed by atoms with Crippen LogP contribution in [0.4, 0.5) is 13.2 Å². The lowest BCUT2D eigenvalue weighted by Gasteiger charge is -2.19. The van der Waals surface area contributed by atoms with E-state index in [0.29, 0.717) is 17.9 Å². The molecule has 1 aromatic rings. The van der Waals surface area contributed by atoms with Gasteiger partial charge in [-0.05, 0) is 19.9 Å². The number of rotatable bonds is 4. The summed E-state index contributed by atoms with van der Waals surface area (Å²) in [4.78, 5) is 0. The zero-order chi connectivity index (χ0) is 13.2. The van der Waals surface area contributed by atoms with Crippen molar-refractivity contribution in [2.45, 2.75) is 45.5 Å². The van der Waals surface area contributed by atoms with Gasteiger partial charge < -0.3 is 5.32 Å². The Hall–Kier alpha value is -1.11. The first kappa shape index (κ1) is 14.0. The second-order valence-corrected chi connectivity index (χ2v) is 4.27. The molecule has 0 amide bonds. The van der Waals surface area contributed by atoms with Crippen LogP contribution in [-0.2, 0) is 6.54 Å². The van der Waals surface area contributed by atoms with Crippen LogP contribution in [0.2, 0.25) is 0 Å². The normalized spacial score (nSPS) is 14.4. The first-order chi connectivity index (χ1) is 7.79. The van der Waals surface area contributed by atoms with Crippen molar-refractivity contribution in [3.8, 4) is 0 Å². The molecule has 0 fully saturated rings. The Kier molecular flexibility index (Phi) is 4.13. The Morgan fingerprint density at radius 3 is 2.29 bits per heavy atom. The fraction of sp³-hybridized carbons (Fsp3) is 0.800. The number of nitrogens with zero attached hydrogens (tertiary/aromatic N) is 3. The highest BCUT2D eigenvalue weighted by molar-refractivity contribution is 5.15. The van der Waals surface area contributed by atoms with Crippen LogP contribution < -0.4 is 5.32 Å². The average Bonchev–Trinajstić information content (AvgIpc) is 2.59. The summed E-state index contributed by atoms with van der Waals surface area (Å²) in [7, 11) is 1.72. The smallest absolute Gasteiger partial charge is 0.314 e. The number of halogens is 3. The Labute approximate surface area is 98.2 Å². The van der Waals surface area contributed by atoms with E-state index in [2.05, 4.69) is 15.6 Å². The molecule has 1 heterocycles. The molecule has 98 valence electrons. The first-order valence-corrected chi connectivity index (χ1v) is 5.44. The molecule has 0 aromatic carbocycles. The number of hydrogen-bond donors (Lipinski definition) is 1. The Morgan fingerprint density at radius 2 is 1.88 bits per heavy atom. The molecule has 0 aliphatic rings. The molecule has 4 nitrogen and oxygen atoms in total. The molecule has 7 heteroatoms.